The number of nitrogens with one attached hydrogen (secondary N) is 1. The zero-order valence-corrected chi connectivity index (χ0v) is 11.3. The van der Waals surface area contributed by atoms with E-state index in [0.29, 0.717) is 10.6 Å². The standard InChI is InChI=1S/C13H16ClNO3/c1-8(2)12(16)11(15-13(17)18-3)9-6-4-5-7-10(9)14/h4-8,11H,1-3H3,(H,15,17)/t11-/m1/s1. The van der Waals surface area contributed by atoms with E-state index in [1.807, 2.05) is 0 Å². The van der Waals surface area contributed by atoms with Crippen molar-refractivity contribution in [2.24, 2.45) is 5.92 Å². The van der Waals surface area contributed by atoms with Gasteiger partial charge < -0.3 is 10.1 Å². The molecule has 0 fully saturated rings. The van der Waals surface area contributed by atoms with Crippen molar-refractivity contribution >= 4 is 23.5 Å². The maximum absolute atomic E-state index is 12.1. The van der Waals surface area contributed by atoms with Crippen molar-refractivity contribution in [3.8, 4) is 0 Å². The largest absolute Gasteiger partial charge is 0.453 e. The third-order valence-corrected chi connectivity index (χ3v) is 2.86. The minimum absolute atomic E-state index is 0.117. The molecule has 0 aliphatic carbocycles. The number of ketones is 1. The van der Waals surface area contributed by atoms with Gasteiger partial charge in [-0.05, 0) is 6.07 Å². The van der Waals surface area contributed by atoms with Gasteiger partial charge in [0, 0.05) is 16.5 Å². The monoisotopic (exact) mass is 269 g/mol. The molecule has 1 rings (SSSR count). The summed E-state index contributed by atoms with van der Waals surface area (Å²) in [5.41, 5.74) is 0.572. The van der Waals surface area contributed by atoms with Crippen LogP contribution in [0, 0.1) is 5.92 Å². The number of halogens is 1. The van der Waals surface area contributed by atoms with Crippen LogP contribution < -0.4 is 5.32 Å². The summed E-state index contributed by atoms with van der Waals surface area (Å²) in [5, 5.41) is 2.95. The van der Waals surface area contributed by atoms with Crippen LogP contribution in [0.3, 0.4) is 0 Å². The van der Waals surface area contributed by atoms with Crippen molar-refractivity contribution in [3.63, 3.8) is 0 Å². The van der Waals surface area contributed by atoms with E-state index in [9.17, 15) is 9.59 Å². The Morgan fingerprint density at radius 2 is 1.89 bits per heavy atom. The summed E-state index contributed by atoms with van der Waals surface area (Å²) in [4.78, 5) is 23.4. The summed E-state index contributed by atoms with van der Waals surface area (Å²) in [6, 6.07) is 6.13. The first-order valence-electron chi connectivity index (χ1n) is 5.60. The zero-order chi connectivity index (χ0) is 13.7. The molecule has 0 aromatic heterocycles. The Bertz CT molecular complexity index is 446. The molecule has 0 saturated heterocycles. The predicted molar refractivity (Wildman–Crippen MR) is 69.6 cm³/mol. The van der Waals surface area contributed by atoms with E-state index in [1.165, 1.54) is 7.11 Å². The van der Waals surface area contributed by atoms with Gasteiger partial charge in [-0.25, -0.2) is 4.79 Å². The summed E-state index contributed by atoms with van der Waals surface area (Å²) in [5.74, 6) is -0.336. The van der Waals surface area contributed by atoms with Gasteiger partial charge >= 0.3 is 6.09 Å². The summed E-state index contributed by atoms with van der Waals surface area (Å²) < 4.78 is 4.53. The molecule has 0 bridgehead atoms. The second-order valence-electron chi connectivity index (χ2n) is 4.15. The Kier molecular flexibility index (Phi) is 5.16. The van der Waals surface area contributed by atoms with Gasteiger partial charge in [0.2, 0.25) is 0 Å². The average Bonchev–Trinajstić information content (AvgIpc) is 2.35. The molecule has 5 heteroatoms. The fourth-order valence-electron chi connectivity index (χ4n) is 1.52. The Hall–Kier alpha value is -1.55. The fraction of sp³-hybridized carbons (Fsp3) is 0.385. The molecule has 1 aromatic carbocycles. The molecule has 0 unspecified atom stereocenters. The van der Waals surface area contributed by atoms with Crippen LogP contribution in [-0.2, 0) is 9.53 Å². The lowest BCUT2D eigenvalue weighted by Crippen LogP contribution is -2.35. The van der Waals surface area contributed by atoms with Crippen molar-refractivity contribution in [1.29, 1.82) is 0 Å². The van der Waals surface area contributed by atoms with Crippen LogP contribution in [-0.4, -0.2) is 19.0 Å². The normalized spacial score (nSPS) is 12.1. The van der Waals surface area contributed by atoms with Gasteiger partial charge in [-0.1, -0.05) is 43.6 Å². The Balaban J connectivity index is 3.08. The average molecular weight is 270 g/mol. The molecule has 0 heterocycles. The summed E-state index contributed by atoms with van der Waals surface area (Å²) in [6.45, 7) is 3.54. The number of carbonyl (C=O) groups excluding carboxylic acids is 2. The van der Waals surface area contributed by atoms with Gasteiger partial charge in [-0.2, -0.15) is 0 Å². The minimum atomic E-state index is -0.786. The molecular weight excluding hydrogens is 254 g/mol. The van der Waals surface area contributed by atoms with E-state index in [-0.39, 0.29) is 11.7 Å². The van der Waals surface area contributed by atoms with E-state index < -0.39 is 12.1 Å². The molecule has 1 atom stereocenters. The first-order valence-corrected chi connectivity index (χ1v) is 5.97. The van der Waals surface area contributed by atoms with Gasteiger partial charge in [0.25, 0.3) is 0 Å². The molecule has 0 aliphatic heterocycles. The highest BCUT2D eigenvalue weighted by atomic mass is 35.5. The van der Waals surface area contributed by atoms with Gasteiger partial charge in [-0.3, -0.25) is 4.79 Å². The van der Waals surface area contributed by atoms with Crippen LogP contribution >= 0.6 is 11.6 Å². The summed E-state index contributed by atoms with van der Waals surface area (Å²) in [6.07, 6.45) is -0.658. The number of methoxy groups -OCH3 is 1. The lowest BCUT2D eigenvalue weighted by molar-refractivity contribution is -0.124. The molecule has 1 aromatic rings. The highest BCUT2D eigenvalue weighted by molar-refractivity contribution is 6.31. The SMILES string of the molecule is COC(=O)N[C@@H](C(=O)C(C)C)c1ccccc1Cl. The summed E-state index contributed by atoms with van der Waals surface area (Å²) >= 11 is 6.05. The van der Waals surface area contributed by atoms with Crippen molar-refractivity contribution in [3.05, 3.63) is 34.9 Å². The van der Waals surface area contributed by atoms with E-state index in [0.717, 1.165) is 0 Å². The molecule has 0 radical (unpaired) electrons. The van der Waals surface area contributed by atoms with Gasteiger partial charge in [0.1, 0.15) is 6.04 Å². The molecule has 4 nitrogen and oxygen atoms in total. The lowest BCUT2D eigenvalue weighted by Gasteiger charge is -2.20. The highest BCUT2D eigenvalue weighted by Gasteiger charge is 2.26. The van der Waals surface area contributed by atoms with Gasteiger partial charge in [0.15, 0.2) is 5.78 Å². The number of carbonyl (C=O) groups is 2. The van der Waals surface area contributed by atoms with Crippen molar-refractivity contribution < 1.29 is 14.3 Å². The molecule has 98 valence electrons. The molecule has 18 heavy (non-hydrogen) atoms. The second kappa shape index (κ2) is 6.40. The van der Waals surface area contributed by atoms with E-state index >= 15 is 0 Å². The molecule has 1 amide bonds. The lowest BCUT2D eigenvalue weighted by atomic mass is 9.95. The first kappa shape index (κ1) is 14.5. The molecule has 0 spiro atoms. The number of hydrogen-bond acceptors (Lipinski definition) is 3. The van der Waals surface area contributed by atoms with E-state index in [2.05, 4.69) is 10.1 Å². The van der Waals surface area contributed by atoms with E-state index in [4.69, 9.17) is 11.6 Å². The third kappa shape index (κ3) is 3.47. The van der Waals surface area contributed by atoms with Gasteiger partial charge in [-0.15, -0.1) is 0 Å². The number of hydrogen-bond donors (Lipinski definition) is 1. The van der Waals surface area contributed by atoms with Crippen LogP contribution in [0.5, 0.6) is 0 Å². The minimum Gasteiger partial charge on any atom is -0.453 e. The maximum Gasteiger partial charge on any atom is 0.407 e. The number of rotatable bonds is 4. The number of benzene rings is 1. The van der Waals surface area contributed by atoms with Crippen molar-refractivity contribution in [2.45, 2.75) is 19.9 Å². The molecule has 0 aliphatic rings. The Morgan fingerprint density at radius 1 is 1.28 bits per heavy atom. The second-order valence-corrected chi connectivity index (χ2v) is 4.55. The molecular formula is C13H16ClNO3. The number of Topliss-reactive ketones (excluding diaryl/α,β-unsaturated/α-hetero) is 1. The van der Waals surface area contributed by atoms with E-state index in [1.54, 1.807) is 38.1 Å². The summed E-state index contributed by atoms with van der Waals surface area (Å²) in [7, 11) is 1.25. The van der Waals surface area contributed by atoms with Crippen LogP contribution in [0.15, 0.2) is 24.3 Å². The molecule has 1 N–H and O–H groups in total. The maximum atomic E-state index is 12.1. The third-order valence-electron chi connectivity index (χ3n) is 2.52. The number of ether oxygens (including phenoxy) is 1. The van der Waals surface area contributed by atoms with Crippen LogP contribution in [0.1, 0.15) is 25.5 Å². The highest BCUT2D eigenvalue weighted by Crippen LogP contribution is 2.25. The van der Waals surface area contributed by atoms with Crippen molar-refractivity contribution in [2.75, 3.05) is 7.11 Å². The van der Waals surface area contributed by atoms with Gasteiger partial charge in [0.05, 0.1) is 7.11 Å². The topological polar surface area (TPSA) is 55.4 Å². The number of alkyl carbamates (subject to hydrolysis) is 1. The predicted octanol–water partition coefficient (Wildman–Crippen LogP) is 2.96. The number of amides is 1. The van der Waals surface area contributed by atoms with Crippen LogP contribution in [0.25, 0.3) is 0 Å². The Labute approximate surface area is 111 Å². The Morgan fingerprint density at radius 3 is 2.39 bits per heavy atom. The first-order chi connectivity index (χ1) is 8.47. The quantitative estimate of drug-likeness (QED) is 0.914. The van der Waals surface area contributed by atoms with Crippen LogP contribution in [0.4, 0.5) is 4.79 Å². The van der Waals surface area contributed by atoms with Crippen molar-refractivity contribution in [1.82, 2.24) is 5.32 Å². The zero-order valence-electron chi connectivity index (χ0n) is 10.6. The molecule has 0 saturated carbocycles. The fourth-order valence-corrected chi connectivity index (χ4v) is 1.77. The van der Waals surface area contributed by atoms with Crippen LogP contribution in [0.2, 0.25) is 5.02 Å². The smallest absolute Gasteiger partial charge is 0.407 e.